The molecular weight excluding hydrogens is 290 g/mol. The van der Waals surface area contributed by atoms with E-state index in [0.29, 0.717) is 0 Å². The van der Waals surface area contributed by atoms with Crippen molar-refractivity contribution in [2.45, 2.75) is 24.8 Å². The Hall–Kier alpha value is -2.34. The summed E-state index contributed by atoms with van der Waals surface area (Å²) < 4.78 is 26.7. The number of hydrogen-bond acceptors (Lipinski definition) is 7. The monoisotopic (exact) mass is 301 g/mol. The van der Waals surface area contributed by atoms with Crippen molar-refractivity contribution >= 4 is 16.0 Å². The second-order valence-electron chi connectivity index (χ2n) is 3.94. The molecule has 0 aliphatic carbocycles. The number of carbonyl (C=O) groups is 1. The average molecular weight is 301 g/mol. The summed E-state index contributed by atoms with van der Waals surface area (Å²) >= 11 is 0. The van der Waals surface area contributed by atoms with Crippen LogP contribution < -0.4 is 4.72 Å². The van der Waals surface area contributed by atoms with Crippen LogP contribution in [-0.2, 0) is 10.0 Å². The number of H-pyrrole nitrogens is 2. The molecule has 0 aromatic carbocycles. The van der Waals surface area contributed by atoms with E-state index in [1.165, 1.54) is 13.8 Å². The van der Waals surface area contributed by atoms with Crippen LogP contribution in [0.3, 0.4) is 0 Å². The summed E-state index contributed by atoms with van der Waals surface area (Å²) in [7, 11) is -4.09. The van der Waals surface area contributed by atoms with Crippen molar-refractivity contribution in [2.24, 2.45) is 0 Å². The van der Waals surface area contributed by atoms with Crippen LogP contribution >= 0.6 is 0 Å². The number of hydrogen-bond donors (Lipinski definition) is 4. The van der Waals surface area contributed by atoms with Gasteiger partial charge in [-0.3, -0.25) is 5.10 Å². The molecule has 0 spiro atoms. The van der Waals surface area contributed by atoms with E-state index >= 15 is 0 Å². The van der Waals surface area contributed by atoms with Crippen LogP contribution in [0.25, 0.3) is 0 Å². The van der Waals surface area contributed by atoms with Gasteiger partial charge in [-0.05, 0) is 13.8 Å². The second kappa shape index (κ2) is 4.97. The molecule has 1 unspecified atom stereocenters. The molecule has 4 N–H and O–H groups in total. The summed E-state index contributed by atoms with van der Waals surface area (Å²) in [5.74, 6) is -1.31. The van der Waals surface area contributed by atoms with Gasteiger partial charge >= 0.3 is 5.97 Å². The zero-order valence-corrected chi connectivity index (χ0v) is 11.3. The van der Waals surface area contributed by atoms with E-state index < -0.39 is 32.6 Å². The van der Waals surface area contributed by atoms with Crippen molar-refractivity contribution in [3.63, 3.8) is 0 Å². The number of carboxylic acids is 1. The maximum atomic E-state index is 12.2. The highest BCUT2D eigenvalue weighted by atomic mass is 32.2. The lowest BCUT2D eigenvalue weighted by molar-refractivity contribution is 0.0686. The van der Waals surface area contributed by atoms with Crippen molar-refractivity contribution in [2.75, 3.05) is 0 Å². The minimum Gasteiger partial charge on any atom is -0.476 e. The van der Waals surface area contributed by atoms with E-state index in [1.807, 2.05) is 0 Å². The molecule has 0 radical (unpaired) electrons. The van der Waals surface area contributed by atoms with E-state index in [9.17, 15) is 13.2 Å². The quantitative estimate of drug-likeness (QED) is 0.543. The predicted molar refractivity (Wildman–Crippen MR) is 63.2 cm³/mol. The molecule has 2 rings (SSSR count). The maximum Gasteiger partial charge on any atom is 0.357 e. The Balaban J connectivity index is 2.36. The van der Waals surface area contributed by atoms with Gasteiger partial charge < -0.3 is 5.11 Å². The molecular formula is C8H11N7O4S. The number of aromatic nitrogens is 6. The minimum absolute atomic E-state index is 0.121. The van der Waals surface area contributed by atoms with E-state index in [0.717, 1.165) is 0 Å². The third-order valence-electron chi connectivity index (χ3n) is 2.44. The molecule has 0 aliphatic heterocycles. The highest BCUT2D eigenvalue weighted by Gasteiger charge is 2.30. The van der Waals surface area contributed by atoms with Gasteiger partial charge in [0.25, 0.3) is 0 Å². The van der Waals surface area contributed by atoms with Crippen LogP contribution in [0, 0.1) is 6.92 Å². The van der Waals surface area contributed by atoms with Gasteiger partial charge in [-0.2, -0.15) is 10.3 Å². The van der Waals surface area contributed by atoms with Gasteiger partial charge in [0.15, 0.2) is 11.5 Å². The zero-order valence-electron chi connectivity index (χ0n) is 10.4. The Morgan fingerprint density at radius 2 is 2.10 bits per heavy atom. The highest BCUT2D eigenvalue weighted by molar-refractivity contribution is 7.89. The summed E-state index contributed by atoms with van der Waals surface area (Å²) in [4.78, 5) is 10.6. The number of tetrazole rings is 1. The van der Waals surface area contributed by atoms with E-state index in [4.69, 9.17) is 5.11 Å². The number of nitrogens with zero attached hydrogens (tertiary/aromatic N) is 4. The molecule has 1 atom stereocenters. The number of aryl methyl sites for hydroxylation is 1. The lowest BCUT2D eigenvalue weighted by atomic mass is 10.3. The fraction of sp³-hybridized carbons (Fsp3) is 0.375. The molecule has 2 aromatic rings. The first-order valence-electron chi connectivity index (χ1n) is 5.37. The molecule has 2 aromatic heterocycles. The molecule has 0 aliphatic rings. The van der Waals surface area contributed by atoms with E-state index in [1.54, 1.807) is 0 Å². The number of sulfonamides is 1. The Morgan fingerprint density at radius 3 is 2.65 bits per heavy atom. The van der Waals surface area contributed by atoms with E-state index in [2.05, 4.69) is 35.5 Å². The van der Waals surface area contributed by atoms with Crippen LogP contribution in [0.2, 0.25) is 0 Å². The van der Waals surface area contributed by atoms with Gasteiger partial charge in [-0.25, -0.2) is 17.9 Å². The van der Waals surface area contributed by atoms with Crippen molar-refractivity contribution in [1.29, 1.82) is 0 Å². The molecule has 20 heavy (non-hydrogen) atoms. The standard InChI is InChI=1S/C8H11N7O4S/c1-3-6(5(8(16)17)10-9-3)20(18,19)13-4(2)7-11-14-15-12-7/h4,13H,1-2H3,(H,9,10)(H,16,17)(H,11,12,14,15). The number of nitrogens with one attached hydrogen (secondary N) is 3. The summed E-state index contributed by atoms with van der Waals surface area (Å²) in [6.07, 6.45) is 0. The number of aromatic carboxylic acids is 1. The number of carboxylic acid groups (broad SMARTS) is 1. The molecule has 108 valence electrons. The lowest BCUT2D eigenvalue weighted by Crippen LogP contribution is -2.29. The van der Waals surface area contributed by atoms with Gasteiger partial charge in [-0.1, -0.05) is 5.21 Å². The second-order valence-corrected chi connectivity index (χ2v) is 5.60. The molecule has 11 nitrogen and oxygen atoms in total. The minimum atomic E-state index is -4.09. The SMILES string of the molecule is Cc1[nH]nc(C(=O)O)c1S(=O)(=O)NC(C)c1nn[nH]n1. The smallest absolute Gasteiger partial charge is 0.357 e. The Morgan fingerprint density at radius 1 is 1.40 bits per heavy atom. The molecule has 2 heterocycles. The largest absolute Gasteiger partial charge is 0.476 e. The molecule has 12 heteroatoms. The first-order chi connectivity index (χ1) is 9.33. The van der Waals surface area contributed by atoms with Crippen molar-refractivity contribution < 1.29 is 18.3 Å². The normalized spacial score (nSPS) is 13.3. The van der Waals surface area contributed by atoms with Crippen LogP contribution in [0.15, 0.2) is 4.90 Å². The van der Waals surface area contributed by atoms with Crippen LogP contribution in [0.5, 0.6) is 0 Å². The fourth-order valence-corrected chi connectivity index (χ4v) is 3.11. The van der Waals surface area contributed by atoms with Crippen molar-refractivity contribution in [1.82, 2.24) is 35.5 Å². The fourth-order valence-electron chi connectivity index (χ4n) is 1.59. The van der Waals surface area contributed by atoms with Crippen LogP contribution in [0.4, 0.5) is 0 Å². The summed E-state index contributed by atoms with van der Waals surface area (Å²) in [5.41, 5.74) is -0.453. The van der Waals surface area contributed by atoms with Gasteiger partial charge in [-0.15, -0.1) is 10.2 Å². The van der Waals surface area contributed by atoms with Crippen LogP contribution in [0.1, 0.15) is 35.0 Å². The van der Waals surface area contributed by atoms with E-state index in [-0.39, 0.29) is 11.5 Å². The van der Waals surface area contributed by atoms with Gasteiger partial charge in [0.2, 0.25) is 10.0 Å². The first kappa shape index (κ1) is 14.1. The predicted octanol–water partition coefficient (Wildman–Crippen LogP) is -1.03. The first-order valence-corrected chi connectivity index (χ1v) is 6.85. The third kappa shape index (κ3) is 2.50. The molecule has 0 saturated heterocycles. The number of rotatable bonds is 5. The Bertz CT molecular complexity index is 720. The lowest BCUT2D eigenvalue weighted by Gasteiger charge is -2.10. The van der Waals surface area contributed by atoms with Crippen LogP contribution in [-0.4, -0.2) is 50.3 Å². The van der Waals surface area contributed by atoms with Gasteiger partial charge in [0.05, 0.1) is 11.7 Å². The summed E-state index contributed by atoms with van der Waals surface area (Å²) in [6.45, 7) is 2.91. The Kier molecular flexibility index (Phi) is 3.50. The average Bonchev–Trinajstić information content (AvgIpc) is 2.96. The summed E-state index contributed by atoms with van der Waals surface area (Å²) in [5, 5.41) is 27.5. The summed E-state index contributed by atoms with van der Waals surface area (Å²) in [6, 6.07) is -0.783. The molecule has 0 fully saturated rings. The highest BCUT2D eigenvalue weighted by Crippen LogP contribution is 2.19. The third-order valence-corrected chi connectivity index (χ3v) is 4.14. The van der Waals surface area contributed by atoms with Crippen molar-refractivity contribution in [3.05, 3.63) is 17.2 Å². The maximum absolute atomic E-state index is 12.2. The Labute approximate surface area is 112 Å². The molecule has 0 amide bonds. The van der Waals surface area contributed by atoms with Gasteiger partial charge in [0.1, 0.15) is 4.90 Å². The number of aromatic amines is 2. The van der Waals surface area contributed by atoms with Gasteiger partial charge in [0, 0.05) is 0 Å². The zero-order chi connectivity index (χ0) is 14.9. The molecule has 0 bridgehead atoms. The van der Waals surface area contributed by atoms with Crippen molar-refractivity contribution in [3.8, 4) is 0 Å². The topological polar surface area (TPSA) is 167 Å². The molecule has 0 saturated carbocycles.